The highest BCUT2D eigenvalue weighted by molar-refractivity contribution is 5.95. The number of aromatic nitrogens is 2. The Balaban J connectivity index is 1.83. The van der Waals surface area contributed by atoms with Crippen molar-refractivity contribution < 1.29 is 9.42 Å². The molecule has 1 aromatic heterocycles. The van der Waals surface area contributed by atoms with E-state index in [1.807, 2.05) is 42.5 Å². The van der Waals surface area contributed by atoms with Crippen molar-refractivity contribution >= 4 is 22.5 Å². The molecule has 0 bridgehead atoms. The predicted molar refractivity (Wildman–Crippen MR) is 75.3 cm³/mol. The van der Waals surface area contributed by atoms with E-state index in [1.54, 1.807) is 6.92 Å². The van der Waals surface area contributed by atoms with Crippen LogP contribution in [-0.2, 0) is 11.2 Å². The maximum Gasteiger partial charge on any atom is 0.230 e. The van der Waals surface area contributed by atoms with Gasteiger partial charge in [-0.15, -0.1) is 0 Å². The zero-order chi connectivity index (χ0) is 13.9. The Kier molecular flexibility index (Phi) is 3.16. The van der Waals surface area contributed by atoms with Crippen molar-refractivity contribution in [3.63, 3.8) is 0 Å². The number of aryl methyl sites for hydroxylation is 1. The van der Waals surface area contributed by atoms with Crippen LogP contribution in [0.25, 0.3) is 10.8 Å². The second-order valence-corrected chi connectivity index (χ2v) is 4.56. The number of hydrogen-bond acceptors (Lipinski definition) is 4. The lowest BCUT2D eigenvalue weighted by Crippen LogP contribution is -2.15. The molecule has 0 aliphatic heterocycles. The number of hydrogen-bond donors (Lipinski definition) is 1. The highest BCUT2D eigenvalue weighted by Gasteiger charge is 2.11. The molecule has 0 atom stereocenters. The Morgan fingerprint density at radius 1 is 1.15 bits per heavy atom. The van der Waals surface area contributed by atoms with E-state index >= 15 is 0 Å². The predicted octanol–water partition coefficient (Wildman–Crippen LogP) is 2.71. The Bertz CT molecular complexity index is 759. The van der Waals surface area contributed by atoms with Gasteiger partial charge in [-0.25, -0.2) is 4.63 Å². The van der Waals surface area contributed by atoms with Crippen LogP contribution in [0, 0.1) is 6.92 Å². The molecule has 0 spiro atoms. The average Bonchev–Trinajstić information content (AvgIpc) is 2.85. The van der Waals surface area contributed by atoms with Crippen molar-refractivity contribution in [2.45, 2.75) is 13.3 Å². The minimum atomic E-state index is -0.139. The van der Waals surface area contributed by atoms with Gasteiger partial charge in [-0.3, -0.25) is 4.79 Å². The summed E-state index contributed by atoms with van der Waals surface area (Å²) in [7, 11) is 0. The number of rotatable bonds is 3. The Morgan fingerprint density at radius 3 is 2.75 bits per heavy atom. The summed E-state index contributed by atoms with van der Waals surface area (Å²) in [6, 6.07) is 13.9. The van der Waals surface area contributed by atoms with Crippen molar-refractivity contribution in [3.8, 4) is 0 Å². The Labute approximate surface area is 115 Å². The molecular formula is C15H13N3O2. The van der Waals surface area contributed by atoms with Crippen LogP contribution in [0.15, 0.2) is 47.1 Å². The fourth-order valence-electron chi connectivity index (χ4n) is 2.14. The number of carbonyl (C=O) groups excluding carboxylic acids is 1. The fraction of sp³-hybridized carbons (Fsp3) is 0.133. The maximum atomic E-state index is 12.1. The van der Waals surface area contributed by atoms with E-state index in [9.17, 15) is 4.79 Å². The third-order valence-electron chi connectivity index (χ3n) is 3.14. The highest BCUT2D eigenvalue weighted by atomic mass is 16.6. The van der Waals surface area contributed by atoms with Crippen LogP contribution in [0.2, 0.25) is 0 Å². The molecular weight excluding hydrogens is 254 g/mol. The number of anilines is 1. The minimum absolute atomic E-state index is 0.139. The van der Waals surface area contributed by atoms with Crippen LogP contribution >= 0.6 is 0 Å². The van der Waals surface area contributed by atoms with Crippen LogP contribution in [-0.4, -0.2) is 16.2 Å². The van der Waals surface area contributed by atoms with Gasteiger partial charge in [0, 0.05) is 0 Å². The number of benzene rings is 2. The van der Waals surface area contributed by atoms with Crippen LogP contribution in [0.1, 0.15) is 11.3 Å². The lowest BCUT2D eigenvalue weighted by atomic mass is 10.0. The van der Waals surface area contributed by atoms with E-state index in [0.29, 0.717) is 11.5 Å². The van der Waals surface area contributed by atoms with E-state index < -0.39 is 0 Å². The topological polar surface area (TPSA) is 68.0 Å². The van der Waals surface area contributed by atoms with Crippen molar-refractivity contribution in [2.75, 3.05) is 5.32 Å². The average molecular weight is 267 g/mol. The number of nitrogens with zero attached hydrogens (tertiary/aromatic N) is 2. The monoisotopic (exact) mass is 267 g/mol. The van der Waals surface area contributed by atoms with Gasteiger partial charge in [0.25, 0.3) is 0 Å². The van der Waals surface area contributed by atoms with E-state index in [4.69, 9.17) is 0 Å². The molecule has 1 N–H and O–H groups in total. The standard InChI is InChI=1S/C15H13N3O2/c1-10-15(18-20-17-10)16-14(19)9-12-7-4-6-11-5-2-3-8-13(11)12/h2-8H,9H2,1H3,(H,16,18,19). The normalized spacial score (nSPS) is 10.7. The number of nitrogens with one attached hydrogen (secondary N) is 1. The van der Waals surface area contributed by atoms with Gasteiger partial charge in [0.2, 0.25) is 5.91 Å². The van der Waals surface area contributed by atoms with E-state index in [2.05, 4.69) is 20.3 Å². The molecule has 3 aromatic rings. The van der Waals surface area contributed by atoms with Gasteiger partial charge in [0.15, 0.2) is 5.82 Å². The number of amides is 1. The molecule has 5 heteroatoms. The van der Waals surface area contributed by atoms with Gasteiger partial charge in [-0.05, 0) is 28.4 Å². The summed E-state index contributed by atoms with van der Waals surface area (Å²) in [4.78, 5) is 12.1. The summed E-state index contributed by atoms with van der Waals surface area (Å²) in [5.74, 6) is 0.232. The van der Waals surface area contributed by atoms with E-state index in [1.165, 1.54) is 0 Å². The zero-order valence-corrected chi connectivity index (χ0v) is 11.0. The summed E-state index contributed by atoms with van der Waals surface area (Å²) in [6.45, 7) is 1.73. The summed E-state index contributed by atoms with van der Waals surface area (Å²) in [5, 5.41) is 12.2. The van der Waals surface area contributed by atoms with Gasteiger partial charge in [-0.1, -0.05) is 47.6 Å². The maximum absolute atomic E-state index is 12.1. The molecule has 0 unspecified atom stereocenters. The SMILES string of the molecule is Cc1nonc1NC(=O)Cc1cccc2ccccc12. The van der Waals surface area contributed by atoms with Crippen LogP contribution in [0.3, 0.4) is 0 Å². The second kappa shape index (κ2) is 5.13. The van der Waals surface area contributed by atoms with Crippen LogP contribution in [0.4, 0.5) is 5.82 Å². The van der Waals surface area contributed by atoms with Gasteiger partial charge in [0.1, 0.15) is 5.69 Å². The number of carbonyl (C=O) groups is 1. The lowest BCUT2D eigenvalue weighted by molar-refractivity contribution is -0.115. The molecule has 2 aromatic carbocycles. The van der Waals surface area contributed by atoms with Gasteiger partial charge < -0.3 is 5.32 Å². The first-order valence-corrected chi connectivity index (χ1v) is 6.29. The highest BCUT2D eigenvalue weighted by Crippen LogP contribution is 2.19. The lowest BCUT2D eigenvalue weighted by Gasteiger charge is -2.06. The zero-order valence-electron chi connectivity index (χ0n) is 11.0. The van der Waals surface area contributed by atoms with Crippen molar-refractivity contribution in [1.82, 2.24) is 10.3 Å². The quantitative estimate of drug-likeness (QED) is 0.792. The van der Waals surface area contributed by atoms with Gasteiger partial charge >= 0.3 is 0 Å². The molecule has 1 heterocycles. The third kappa shape index (κ3) is 2.38. The smallest absolute Gasteiger partial charge is 0.230 e. The molecule has 3 rings (SSSR count). The fourth-order valence-corrected chi connectivity index (χ4v) is 2.14. The summed E-state index contributed by atoms with van der Waals surface area (Å²) in [5.41, 5.74) is 1.55. The van der Waals surface area contributed by atoms with E-state index in [-0.39, 0.29) is 12.3 Å². The third-order valence-corrected chi connectivity index (χ3v) is 3.14. The molecule has 100 valence electrons. The molecule has 0 aliphatic carbocycles. The van der Waals surface area contributed by atoms with Crippen molar-refractivity contribution in [3.05, 3.63) is 53.7 Å². The summed E-state index contributed by atoms with van der Waals surface area (Å²) in [6.07, 6.45) is 0.285. The van der Waals surface area contributed by atoms with Crippen LogP contribution in [0.5, 0.6) is 0 Å². The second-order valence-electron chi connectivity index (χ2n) is 4.56. The first-order valence-electron chi connectivity index (χ1n) is 6.29. The molecule has 0 saturated heterocycles. The van der Waals surface area contributed by atoms with E-state index in [0.717, 1.165) is 16.3 Å². The molecule has 20 heavy (non-hydrogen) atoms. The molecule has 5 nitrogen and oxygen atoms in total. The molecule has 1 amide bonds. The summed E-state index contributed by atoms with van der Waals surface area (Å²) >= 11 is 0. The van der Waals surface area contributed by atoms with Crippen molar-refractivity contribution in [2.24, 2.45) is 0 Å². The van der Waals surface area contributed by atoms with Crippen LogP contribution < -0.4 is 5.32 Å². The number of fused-ring (bicyclic) bond motifs is 1. The Hall–Kier alpha value is -2.69. The Morgan fingerprint density at radius 2 is 1.95 bits per heavy atom. The molecule has 0 radical (unpaired) electrons. The van der Waals surface area contributed by atoms with Crippen molar-refractivity contribution in [1.29, 1.82) is 0 Å². The first-order chi connectivity index (χ1) is 9.74. The first kappa shape index (κ1) is 12.3. The van der Waals surface area contributed by atoms with Gasteiger partial charge in [-0.2, -0.15) is 0 Å². The summed E-state index contributed by atoms with van der Waals surface area (Å²) < 4.78 is 4.55. The molecule has 0 fully saturated rings. The molecule has 0 aliphatic rings. The minimum Gasteiger partial charge on any atom is -0.306 e. The largest absolute Gasteiger partial charge is 0.306 e. The van der Waals surface area contributed by atoms with Gasteiger partial charge in [0.05, 0.1) is 6.42 Å². The molecule has 0 saturated carbocycles.